The van der Waals surface area contributed by atoms with Gasteiger partial charge in [0.2, 0.25) is 0 Å². The summed E-state index contributed by atoms with van der Waals surface area (Å²) in [4.78, 5) is 30.0. The van der Waals surface area contributed by atoms with Gasteiger partial charge in [-0.1, -0.05) is 23.7 Å². The fourth-order valence-electron chi connectivity index (χ4n) is 3.77. The third-order valence-corrected chi connectivity index (χ3v) is 5.45. The molecule has 6 heteroatoms. The van der Waals surface area contributed by atoms with E-state index < -0.39 is 0 Å². The maximum atomic E-state index is 13.4. The molecule has 0 atom stereocenters. The Labute approximate surface area is 169 Å². The van der Waals surface area contributed by atoms with Crippen LogP contribution in [0.25, 0.3) is 5.57 Å². The Balaban J connectivity index is 1.80. The van der Waals surface area contributed by atoms with Gasteiger partial charge < -0.3 is 9.64 Å². The van der Waals surface area contributed by atoms with Gasteiger partial charge in [0.15, 0.2) is 0 Å². The summed E-state index contributed by atoms with van der Waals surface area (Å²) < 4.78 is 5.22. The molecule has 28 heavy (non-hydrogen) atoms. The van der Waals surface area contributed by atoms with Crippen LogP contribution in [0.15, 0.2) is 54.2 Å². The maximum Gasteiger partial charge on any atom is 0.282 e. The second-order valence-electron chi connectivity index (χ2n) is 6.92. The Morgan fingerprint density at radius 2 is 1.50 bits per heavy atom. The van der Waals surface area contributed by atoms with Crippen molar-refractivity contribution in [3.63, 3.8) is 0 Å². The van der Waals surface area contributed by atoms with Gasteiger partial charge >= 0.3 is 0 Å². The van der Waals surface area contributed by atoms with Crippen molar-refractivity contribution in [1.29, 1.82) is 0 Å². The molecular weight excluding hydrogens is 376 g/mol. The van der Waals surface area contributed by atoms with E-state index in [4.69, 9.17) is 16.3 Å². The van der Waals surface area contributed by atoms with Crippen LogP contribution in [0.1, 0.15) is 24.8 Å². The number of likely N-dealkylation sites (tertiary alicyclic amines) is 1. The zero-order chi connectivity index (χ0) is 19.7. The quantitative estimate of drug-likeness (QED) is 0.729. The molecule has 0 bridgehead atoms. The van der Waals surface area contributed by atoms with Crippen LogP contribution in [-0.2, 0) is 9.59 Å². The fraction of sp³-hybridized carbons (Fsp3) is 0.273. The number of carbonyl (C=O) groups is 2. The van der Waals surface area contributed by atoms with E-state index in [1.165, 1.54) is 4.90 Å². The molecule has 4 rings (SSSR count). The molecule has 2 heterocycles. The van der Waals surface area contributed by atoms with Crippen LogP contribution >= 0.6 is 11.6 Å². The highest BCUT2D eigenvalue weighted by Gasteiger charge is 2.42. The van der Waals surface area contributed by atoms with E-state index in [1.807, 2.05) is 12.1 Å². The third-order valence-electron chi connectivity index (χ3n) is 5.20. The number of piperidine rings is 1. The highest BCUT2D eigenvalue weighted by molar-refractivity contribution is 6.45. The topological polar surface area (TPSA) is 49.9 Å². The molecule has 1 saturated heterocycles. The lowest BCUT2D eigenvalue weighted by Gasteiger charge is -2.29. The van der Waals surface area contributed by atoms with Crippen molar-refractivity contribution < 1.29 is 14.3 Å². The van der Waals surface area contributed by atoms with Crippen molar-refractivity contribution in [2.24, 2.45) is 0 Å². The van der Waals surface area contributed by atoms with Crippen LogP contribution < -0.4 is 9.64 Å². The van der Waals surface area contributed by atoms with Gasteiger partial charge in [0.1, 0.15) is 11.4 Å². The Kier molecular flexibility index (Phi) is 5.09. The van der Waals surface area contributed by atoms with Gasteiger partial charge in [0.05, 0.1) is 18.4 Å². The lowest BCUT2D eigenvalue weighted by atomic mass is 10.0. The standard InChI is InChI=1S/C22H21ClN2O3/c1-28-18-11-5-15(6-12-18)19-20(24-13-3-2-4-14-24)22(27)25(21(19)26)17-9-7-16(23)8-10-17/h5-12H,2-4,13-14H2,1H3. The first kappa shape index (κ1) is 18.6. The predicted molar refractivity (Wildman–Crippen MR) is 109 cm³/mol. The molecule has 0 aliphatic carbocycles. The van der Waals surface area contributed by atoms with E-state index in [2.05, 4.69) is 4.90 Å². The van der Waals surface area contributed by atoms with E-state index in [9.17, 15) is 9.59 Å². The van der Waals surface area contributed by atoms with Gasteiger partial charge in [-0.25, -0.2) is 4.90 Å². The number of hydrogen-bond donors (Lipinski definition) is 0. The molecule has 2 aliphatic heterocycles. The van der Waals surface area contributed by atoms with Crippen molar-refractivity contribution in [1.82, 2.24) is 4.90 Å². The molecule has 2 aromatic carbocycles. The number of hydrogen-bond acceptors (Lipinski definition) is 4. The SMILES string of the molecule is COc1ccc(C2=C(N3CCCCC3)C(=O)N(c3ccc(Cl)cc3)C2=O)cc1. The molecule has 144 valence electrons. The Morgan fingerprint density at radius 3 is 2.11 bits per heavy atom. The molecular formula is C22H21ClN2O3. The van der Waals surface area contributed by atoms with E-state index >= 15 is 0 Å². The number of imide groups is 1. The lowest BCUT2D eigenvalue weighted by Crippen LogP contribution is -2.37. The van der Waals surface area contributed by atoms with E-state index in [0.29, 0.717) is 27.7 Å². The van der Waals surface area contributed by atoms with Crippen LogP contribution in [0.4, 0.5) is 5.69 Å². The monoisotopic (exact) mass is 396 g/mol. The summed E-state index contributed by atoms with van der Waals surface area (Å²) in [6, 6.07) is 14.0. The van der Waals surface area contributed by atoms with Crippen LogP contribution in [-0.4, -0.2) is 36.9 Å². The largest absolute Gasteiger partial charge is 0.497 e. The highest BCUT2D eigenvalue weighted by Crippen LogP contribution is 2.36. The Bertz CT molecular complexity index is 929. The predicted octanol–water partition coefficient (Wildman–Crippen LogP) is 4.12. The summed E-state index contributed by atoms with van der Waals surface area (Å²) in [5.74, 6) is 0.119. The first-order valence-electron chi connectivity index (χ1n) is 9.38. The summed E-state index contributed by atoms with van der Waals surface area (Å²) in [5.41, 5.74) is 2.18. The zero-order valence-electron chi connectivity index (χ0n) is 15.7. The van der Waals surface area contributed by atoms with Crippen LogP contribution in [0.5, 0.6) is 5.75 Å². The van der Waals surface area contributed by atoms with Gasteiger partial charge in [0.25, 0.3) is 11.8 Å². The van der Waals surface area contributed by atoms with Crippen LogP contribution in [0.2, 0.25) is 5.02 Å². The molecule has 0 N–H and O–H groups in total. The van der Waals surface area contributed by atoms with Crippen molar-refractivity contribution in [3.8, 4) is 5.75 Å². The number of benzene rings is 2. The second-order valence-corrected chi connectivity index (χ2v) is 7.36. The van der Waals surface area contributed by atoms with Gasteiger partial charge in [-0.3, -0.25) is 9.59 Å². The number of nitrogens with zero attached hydrogens (tertiary/aromatic N) is 2. The Hall–Kier alpha value is -2.79. The molecule has 0 unspecified atom stereocenters. The molecule has 0 radical (unpaired) electrons. The highest BCUT2D eigenvalue weighted by atomic mass is 35.5. The maximum absolute atomic E-state index is 13.4. The number of methoxy groups -OCH3 is 1. The molecule has 0 spiro atoms. The van der Waals surface area contributed by atoms with Crippen molar-refractivity contribution >= 4 is 34.7 Å². The van der Waals surface area contributed by atoms with Gasteiger partial charge in [0, 0.05) is 18.1 Å². The molecule has 5 nitrogen and oxygen atoms in total. The van der Waals surface area contributed by atoms with Gasteiger partial charge in [-0.15, -0.1) is 0 Å². The third kappa shape index (κ3) is 3.27. The van der Waals surface area contributed by atoms with Crippen molar-refractivity contribution in [2.45, 2.75) is 19.3 Å². The second kappa shape index (κ2) is 7.68. The van der Waals surface area contributed by atoms with Gasteiger partial charge in [-0.05, 0) is 61.2 Å². The molecule has 2 amide bonds. The molecule has 2 aliphatic rings. The zero-order valence-corrected chi connectivity index (χ0v) is 16.4. The first-order chi connectivity index (χ1) is 13.6. The number of anilines is 1. The summed E-state index contributed by atoms with van der Waals surface area (Å²) in [6.07, 6.45) is 3.17. The minimum absolute atomic E-state index is 0.278. The number of rotatable bonds is 4. The molecule has 1 fully saturated rings. The number of ether oxygens (including phenoxy) is 1. The summed E-state index contributed by atoms with van der Waals surface area (Å²) in [5, 5.41) is 0.558. The van der Waals surface area contributed by atoms with E-state index in [0.717, 1.165) is 37.9 Å². The van der Waals surface area contributed by atoms with Crippen LogP contribution in [0.3, 0.4) is 0 Å². The molecule has 0 aromatic heterocycles. The number of halogens is 1. The van der Waals surface area contributed by atoms with E-state index in [-0.39, 0.29) is 11.8 Å². The smallest absolute Gasteiger partial charge is 0.282 e. The normalized spacial score (nSPS) is 17.5. The average molecular weight is 397 g/mol. The Morgan fingerprint density at radius 1 is 0.857 bits per heavy atom. The summed E-state index contributed by atoms with van der Waals surface area (Å²) in [7, 11) is 1.60. The fourth-order valence-corrected chi connectivity index (χ4v) is 3.90. The minimum atomic E-state index is -0.307. The molecule has 0 saturated carbocycles. The summed E-state index contributed by atoms with van der Waals surface area (Å²) >= 11 is 5.98. The average Bonchev–Trinajstić information content (AvgIpc) is 2.99. The van der Waals surface area contributed by atoms with Crippen molar-refractivity contribution in [2.75, 3.05) is 25.1 Å². The number of amides is 2. The van der Waals surface area contributed by atoms with Gasteiger partial charge in [-0.2, -0.15) is 0 Å². The lowest BCUT2D eigenvalue weighted by molar-refractivity contribution is -0.120. The van der Waals surface area contributed by atoms with Crippen LogP contribution in [0, 0.1) is 0 Å². The van der Waals surface area contributed by atoms with E-state index in [1.54, 1.807) is 43.5 Å². The van der Waals surface area contributed by atoms with Crippen molar-refractivity contribution in [3.05, 3.63) is 64.8 Å². The first-order valence-corrected chi connectivity index (χ1v) is 9.76. The summed E-state index contributed by atoms with van der Waals surface area (Å²) in [6.45, 7) is 1.56. The number of carbonyl (C=O) groups excluding carboxylic acids is 2. The minimum Gasteiger partial charge on any atom is -0.497 e. The molecule has 2 aromatic rings.